The summed E-state index contributed by atoms with van der Waals surface area (Å²) in [5.74, 6) is -1.04. The monoisotopic (exact) mass is 221 g/mol. The Bertz CT molecular complexity index is 354. The van der Waals surface area contributed by atoms with Crippen LogP contribution in [0.4, 0.5) is 0 Å². The van der Waals surface area contributed by atoms with E-state index in [2.05, 4.69) is 0 Å². The summed E-state index contributed by atoms with van der Waals surface area (Å²) in [4.78, 5) is 10.7. The van der Waals surface area contributed by atoms with Gasteiger partial charge in [-0.1, -0.05) is 19.9 Å². The van der Waals surface area contributed by atoms with Crippen LogP contribution >= 0.6 is 0 Å². The first-order valence-corrected chi connectivity index (χ1v) is 5.59. The van der Waals surface area contributed by atoms with Crippen molar-refractivity contribution in [2.24, 2.45) is 11.1 Å². The normalized spacial score (nSPS) is 14.1. The summed E-state index contributed by atoms with van der Waals surface area (Å²) < 4.78 is 29.8. The van der Waals surface area contributed by atoms with Crippen molar-refractivity contribution in [3.63, 3.8) is 0 Å². The maximum atomic E-state index is 10.7. The molecule has 0 atom stereocenters. The molecule has 0 aromatic rings. The molecule has 5 nitrogen and oxygen atoms in total. The van der Waals surface area contributed by atoms with Gasteiger partial charge in [0.15, 0.2) is 0 Å². The first-order chi connectivity index (χ1) is 6.03. The molecule has 0 unspecified atom stereocenters. The Labute approximate surface area is 83.7 Å². The summed E-state index contributed by atoms with van der Waals surface area (Å²) in [5, 5.41) is 0. The van der Waals surface area contributed by atoms with Crippen LogP contribution in [0.2, 0.25) is 0 Å². The van der Waals surface area contributed by atoms with Crippen molar-refractivity contribution in [1.29, 1.82) is 0 Å². The minimum Gasteiger partial charge on any atom is -0.366 e. The number of allylic oxidation sites excluding steroid dienone is 1. The van der Waals surface area contributed by atoms with Crippen molar-refractivity contribution in [2.45, 2.75) is 20.8 Å². The molecule has 0 aliphatic heterocycles. The van der Waals surface area contributed by atoms with E-state index < -0.39 is 27.2 Å². The summed E-state index contributed by atoms with van der Waals surface area (Å²) in [5.41, 5.74) is 4.45. The number of primary amides is 1. The van der Waals surface area contributed by atoms with Gasteiger partial charge in [0.2, 0.25) is 5.91 Å². The summed E-state index contributed by atoms with van der Waals surface area (Å²) in [6.45, 7) is 4.68. The maximum absolute atomic E-state index is 10.7. The van der Waals surface area contributed by atoms with E-state index in [9.17, 15) is 13.2 Å². The highest BCUT2D eigenvalue weighted by molar-refractivity contribution is 7.85. The zero-order valence-corrected chi connectivity index (χ0v) is 9.26. The topological polar surface area (TPSA) is 97.5 Å². The van der Waals surface area contributed by atoms with Crippen LogP contribution in [-0.2, 0) is 14.9 Å². The molecule has 1 amide bonds. The molecule has 0 aromatic carbocycles. The Morgan fingerprint density at radius 3 is 2.21 bits per heavy atom. The van der Waals surface area contributed by atoms with Gasteiger partial charge < -0.3 is 5.73 Å². The van der Waals surface area contributed by atoms with Gasteiger partial charge in [0.25, 0.3) is 10.1 Å². The standard InChI is InChI=1S/C8H15NO4S/c1-6(7(9)10)4-8(2,3)5-14(11,12)13/h4H,5H2,1-3H3,(H2,9,10)(H,11,12,13)/b6-4+. The smallest absolute Gasteiger partial charge is 0.265 e. The van der Waals surface area contributed by atoms with Crippen LogP contribution in [0, 0.1) is 5.41 Å². The van der Waals surface area contributed by atoms with E-state index in [1.54, 1.807) is 13.8 Å². The molecule has 6 heteroatoms. The number of hydrogen-bond donors (Lipinski definition) is 2. The zero-order chi connectivity index (χ0) is 11.6. The van der Waals surface area contributed by atoms with E-state index in [1.807, 2.05) is 0 Å². The second kappa shape index (κ2) is 4.10. The fraction of sp³-hybridized carbons (Fsp3) is 0.625. The van der Waals surface area contributed by atoms with Gasteiger partial charge in [-0.25, -0.2) is 0 Å². The van der Waals surface area contributed by atoms with E-state index in [4.69, 9.17) is 10.3 Å². The van der Waals surface area contributed by atoms with Crippen LogP contribution in [-0.4, -0.2) is 24.6 Å². The molecular formula is C8H15NO4S. The Kier molecular flexibility index (Phi) is 3.84. The van der Waals surface area contributed by atoms with Crippen molar-refractivity contribution in [1.82, 2.24) is 0 Å². The van der Waals surface area contributed by atoms with Crippen molar-refractivity contribution >= 4 is 16.0 Å². The first-order valence-electron chi connectivity index (χ1n) is 3.98. The second-order valence-corrected chi connectivity index (χ2v) is 5.36. The van der Waals surface area contributed by atoms with Gasteiger partial charge in [0.05, 0.1) is 5.75 Å². The lowest BCUT2D eigenvalue weighted by atomic mass is 9.93. The number of carbonyl (C=O) groups is 1. The van der Waals surface area contributed by atoms with Crippen LogP contribution < -0.4 is 5.73 Å². The highest BCUT2D eigenvalue weighted by atomic mass is 32.2. The molecule has 3 N–H and O–H groups in total. The fourth-order valence-electron chi connectivity index (χ4n) is 1.17. The SMILES string of the molecule is C/C(=C\C(C)(C)CS(=O)(=O)O)C(N)=O. The predicted molar refractivity (Wildman–Crippen MR) is 53.1 cm³/mol. The summed E-state index contributed by atoms with van der Waals surface area (Å²) in [6, 6.07) is 0. The van der Waals surface area contributed by atoms with Gasteiger partial charge in [0, 0.05) is 5.57 Å². The molecule has 14 heavy (non-hydrogen) atoms. The summed E-state index contributed by atoms with van der Waals surface area (Å²) in [6.07, 6.45) is 1.43. The van der Waals surface area contributed by atoms with E-state index in [0.29, 0.717) is 0 Å². The highest BCUT2D eigenvalue weighted by Gasteiger charge is 2.23. The van der Waals surface area contributed by atoms with E-state index >= 15 is 0 Å². The number of nitrogens with two attached hydrogens (primary N) is 1. The minimum absolute atomic E-state index is 0.277. The molecule has 82 valence electrons. The third-order valence-electron chi connectivity index (χ3n) is 1.55. The first kappa shape index (κ1) is 13.1. The average molecular weight is 221 g/mol. The summed E-state index contributed by atoms with van der Waals surface area (Å²) in [7, 11) is -4.05. The Morgan fingerprint density at radius 1 is 1.50 bits per heavy atom. The third kappa shape index (κ3) is 5.71. The largest absolute Gasteiger partial charge is 0.366 e. The molecule has 0 aliphatic rings. The Balaban J connectivity index is 4.82. The maximum Gasteiger partial charge on any atom is 0.265 e. The molecule has 0 aromatic heterocycles. The van der Waals surface area contributed by atoms with Gasteiger partial charge >= 0.3 is 0 Å². The van der Waals surface area contributed by atoms with Gasteiger partial charge in [-0.05, 0) is 12.3 Å². The Hall–Kier alpha value is -0.880. The molecule has 0 spiro atoms. The quantitative estimate of drug-likeness (QED) is 0.528. The lowest BCUT2D eigenvalue weighted by Crippen LogP contribution is -2.23. The lowest BCUT2D eigenvalue weighted by molar-refractivity contribution is -0.114. The van der Waals surface area contributed by atoms with Crippen molar-refractivity contribution in [3.05, 3.63) is 11.6 Å². The van der Waals surface area contributed by atoms with Crippen LogP contribution in [0.15, 0.2) is 11.6 Å². The number of hydrogen-bond acceptors (Lipinski definition) is 3. The van der Waals surface area contributed by atoms with Gasteiger partial charge in [-0.2, -0.15) is 8.42 Å². The molecule has 0 radical (unpaired) electrons. The summed E-state index contributed by atoms with van der Waals surface area (Å²) >= 11 is 0. The van der Waals surface area contributed by atoms with Crippen molar-refractivity contribution in [2.75, 3.05) is 5.75 Å². The molecule has 0 saturated carbocycles. The molecule has 0 rings (SSSR count). The van der Waals surface area contributed by atoms with Gasteiger partial charge in [-0.3, -0.25) is 9.35 Å². The van der Waals surface area contributed by atoms with Crippen LogP contribution in [0.3, 0.4) is 0 Å². The number of rotatable bonds is 4. The molecule has 0 saturated heterocycles. The van der Waals surface area contributed by atoms with Gasteiger partial charge in [0.1, 0.15) is 0 Å². The second-order valence-electron chi connectivity index (χ2n) is 3.91. The molecular weight excluding hydrogens is 206 g/mol. The fourth-order valence-corrected chi connectivity index (χ4v) is 2.19. The third-order valence-corrected chi connectivity index (χ3v) is 2.66. The number of carbonyl (C=O) groups excluding carboxylic acids is 1. The zero-order valence-electron chi connectivity index (χ0n) is 8.44. The van der Waals surface area contributed by atoms with E-state index in [-0.39, 0.29) is 5.57 Å². The molecule has 0 heterocycles. The lowest BCUT2D eigenvalue weighted by Gasteiger charge is -2.18. The van der Waals surface area contributed by atoms with Crippen molar-refractivity contribution in [3.8, 4) is 0 Å². The predicted octanol–water partition coefficient (Wildman–Crippen LogP) is 0.332. The van der Waals surface area contributed by atoms with Crippen LogP contribution in [0.5, 0.6) is 0 Å². The highest BCUT2D eigenvalue weighted by Crippen LogP contribution is 2.21. The minimum atomic E-state index is -4.05. The Morgan fingerprint density at radius 2 is 1.93 bits per heavy atom. The van der Waals surface area contributed by atoms with Crippen molar-refractivity contribution < 1.29 is 17.8 Å². The molecule has 0 aliphatic carbocycles. The van der Waals surface area contributed by atoms with Crippen LogP contribution in [0.25, 0.3) is 0 Å². The van der Waals surface area contributed by atoms with Crippen LogP contribution in [0.1, 0.15) is 20.8 Å². The number of amides is 1. The van der Waals surface area contributed by atoms with E-state index in [0.717, 1.165) is 0 Å². The van der Waals surface area contributed by atoms with Gasteiger partial charge in [-0.15, -0.1) is 0 Å². The molecule has 0 bridgehead atoms. The molecule has 0 fully saturated rings. The van der Waals surface area contributed by atoms with E-state index in [1.165, 1.54) is 13.0 Å². The average Bonchev–Trinajstić information content (AvgIpc) is 1.78.